The lowest BCUT2D eigenvalue weighted by molar-refractivity contribution is 0.527. The van der Waals surface area contributed by atoms with Gasteiger partial charge in [-0.2, -0.15) is 5.10 Å². The molecule has 0 aliphatic heterocycles. The SMILES string of the molecule is CC(=CCCCl)c1c(Cl)cnn1C(C)C. The van der Waals surface area contributed by atoms with Crippen LogP contribution in [0.5, 0.6) is 0 Å². The topological polar surface area (TPSA) is 17.8 Å². The molecule has 0 amide bonds. The summed E-state index contributed by atoms with van der Waals surface area (Å²) in [6.07, 6.45) is 4.64. The van der Waals surface area contributed by atoms with Crippen LogP contribution >= 0.6 is 23.2 Å². The summed E-state index contributed by atoms with van der Waals surface area (Å²) in [5.74, 6) is 0.630. The summed E-state index contributed by atoms with van der Waals surface area (Å²) in [6, 6.07) is 0.312. The van der Waals surface area contributed by atoms with Gasteiger partial charge in [0.05, 0.1) is 16.9 Å². The molecule has 0 aliphatic rings. The maximum atomic E-state index is 6.11. The van der Waals surface area contributed by atoms with Crippen LogP contribution in [0.25, 0.3) is 5.57 Å². The van der Waals surface area contributed by atoms with E-state index in [4.69, 9.17) is 23.2 Å². The summed E-state index contributed by atoms with van der Waals surface area (Å²) >= 11 is 11.8. The molecule has 0 saturated carbocycles. The van der Waals surface area contributed by atoms with Gasteiger partial charge in [0.15, 0.2) is 0 Å². The number of nitrogens with zero attached hydrogens (tertiary/aromatic N) is 2. The Bertz CT molecular complexity index is 353. The van der Waals surface area contributed by atoms with Crippen LogP contribution in [-0.4, -0.2) is 15.7 Å². The number of alkyl halides is 1. The lowest BCUT2D eigenvalue weighted by atomic mass is 10.2. The van der Waals surface area contributed by atoms with Gasteiger partial charge in [0.1, 0.15) is 0 Å². The molecule has 0 aromatic carbocycles. The van der Waals surface area contributed by atoms with Crippen molar-refractivity contribution in [1.82, 2.24) is 9.78 Å². The van der Waals surface area contributed by atoms with E-state index in [1.165, 1.54) is 0 Å². The average Bonchev–Trinajstić information content (AvgIpc) is 2.56. The maximum absolute atomic E-state index is 6.11. The smallest absolute Gasteiger partial charge is 0.0862 e. The molecule has 0 radical (unpaired) electrons. The van der Waals surface area contributed by atoms with E-state index in [1.54, 1.807) is 6.20 Å². The number of aromatic nitrogens is 2. The van der Waals surface area contributed by atoms with Crippen LogP contribution in [0.2, 0.25) is 5.02 Å². The summed E-state index contributed by atoms with van der Waals surface area (Å²) in [6.45, 7) is 6.21. The van der Waals surface area contributed by atoms with Gasteiger partial charge in [0.25, 0.3) is 0 Å². The van der Waals surface area contributed by atoms with Crippen LogP contribution < -0.4 is 0 Å². The molecule has 0 fully saturated rings. The molecule has 1 aromatic rings. The van der Waals surface area contributed by atoms with Crippen molar-refractivity contribution in [2.24, 2.45) is 0 Å². The summed E-state index contributed by atoms with van der Waals surface area (Å²) in [4.78, 5) is 0. The minimum atomic E-state index is 0.312. The van der Waals surface area contributed by atoms with Gasteiger partial charge in [0.2, 0.25) is 0 Å². The van der Waals surface area contributed by atoms with E-state index >= 15 is 0 Å². The van der Waals surface area contributed by atoms with Crippen molar-refractivity contribution in [3.63, 3.8) is 0 Å². The van der Waals surface area contributed by atoms with Crippen LogP contribution in [-0.2, 0) is 0 Å². The maximum Gasteiger partial charge on any atom is 0.0862 e. The van der Waals surface area contributed by atoms with Crippen molar-refractivity contribution in [3.05, 3.63) is 23.0 Å². The first-order valence-corrected chi connectivity index (χ1v) is 5.95. The fourth-order valence-electron chi connectivity index (χ4n) is 1.47. The molecule has 1 rings (SSSR count). The van der Waals surface area contributed by atoms with Gasteiger partial charge in [-0.25, -0.2) is 0 Å². The normalized spacial score (nSPS) is 12.5. The van der Waals surface area contributed by atoms with Crippen LogP contribution in [0.4, 0.5) is 0 Å². The van der Waals surface area contributed by atoms with E-state index in [0.29, 0.717) is 16.9 Å². The standard InChI is InChI=1S/C11H16Cl2N2/c1-8(2)15-11(10(13)7-14-15)9(3)5-4-6-12/h5,7-8H,4,6H2,1-3H3. The second-order valence-corrected chi connectivity index (χ2v) is 4.53. The minimum absolute atomic E-state index is 0.312. The zero-order valence-corrected chi connectivity index (χ0v) is 10.8. The van der Waals surface area contributed by atoms with Crippen molar-refractivity contribution in [2.45, 2.75) is 33.2 Å². The predicted molar refractivity (Wildman–Crippen MR) is 66.6 cm³/mol. The first-order chi connectivity index (χ1) is 7.07. The molecule has 0 saturated heterocycles. The van der Waals surface area contributed by atoms with Gasteiger partial charge in [-0.05, 0) is 32.8 Å². The van der Waals surface area contributed by atoms with Gasteiger partial charge in [-0.1, -0.05) is 17.7 Å². The Kier molecular flexibility index (Phi) is 4.68. The first kappa shape index (κ1) is 12.6. The van der Waals surface area contributed by atoms with Gasteiger partial charge >= 0.3 is 0 Å². The average molecular weight is 247 g/mol. The number of rotatable bonds is 4. The summed E-state index contributed by atoms with van der Waals surface area (Å²) in [5.41, 5.74) is 2.13. The van der Waals surface area contributed by atoms with Crippen molar-refractivity contribution < 1.29 is 0 Å². The zero-order valence-electron chi connectivity index (χ0n) is 9.30. The first-order valence-electron chi connectivity index (χ1n) is 5.04. The Morgan fingerprint density at radius 2 is 2.27 bits per heavy atom. The highest BCUT2D eigenvalue weighted by Gasteiger charge is 2.12. The molecule has 1 heterocycles. The number of halogens is 2. The molecule has 84 valence electrons. The van der Waals surface area contributed by atoms with E-state index < -0.39 is 0 Å². The third-order valence-corrected chi connectivity index (χ3v) is 2.67. The quantitative estimate of drug-likeness (QED) is 0.731. The molecule has 15 heavy (non-hydrogen) atoms. The molecule has 0 unspecified atom stereocenters. The van der Waals surface area contributed by atoms with E-state index in [9.17, 15) is 0 Å². The fraction of sp³-hybridized carbons (Fsp3) is 0.545. The van der Waals surface area contributed by atoms with Gasteiger partial charge < -0.3 is 0 Å². The van der Waals surface area contributed by atoms with E-state index in [1.807, 2.05) is 11.6 Å². The van der Waals surface area contributed by atoms with Gasteiger partial charge in [-0.15, -0.1) is 11.6 Å². The van der Waals surface area contributed by atoms with Crippen molar-refractivity contribution in [3.8, 4) is 0 Å². The Morgan fingerprint density at radius 3 is 2.80 bits per heavy atom. The predicted octanol–water partition coefficient (Wildman–Crippen LogP) is 4.15. The van der Waals surface area contributed by atoms with E-state index in [2.05, 4.69) is 25.0 Å². The van der Waals surface area contributed by atoms with Crippen molar-refractivity contribution >= 4 is 28.8 Å². The highest BCUT2D eigenvalue weighted by molar-refractivity contribution is 6.32. The second-order valence-electron chi connectivity index (χ2n) is 3.74. The third kappa shape index (κ3) is 2.99. The van der Waals surface area contributed by atoms with Crippen LogP contribution in [0.1, 0.15) is 38.9 Å². The highest BCUT2D eigenvalue weighted by Crippen LogP contribution is 2.26. The fourth-order valence-corrected chi connectivity index (χ4v) is 1.86. The lowest BCUT2D eigenvalue weighted by Crippen LogP contribution is -2.06. The minimum Gasteiger partial charge on any atom is -0.261 e. The van der Waals surface area contributed by atoms with Gasteiger partial charge in [0, 0.05) is 11.9 Å². The zero-order chi connectivity index (χ0) is 11.4. The monoisotopic (exact) mass is 246 g/mol. The molecule has 4 heteroatoms. The molecular formula is C11H16Cl2N2. The van der Waals surface area contributed by atoms with Crippen LogP contribution in [0.3, 0.4) is 0 Å². The molecule has 2 nitrogen and oxygen atoms in total. The Morgan fingerprint density at radius 1 is 1.60 bits per heavy atom. The summed E-state index contributed by atoms with van der Waals surface area (Å²) < 4.78 is 1.93. The Hall–Kier alpha value is -0.470. The van der Waals surface area contributed by atoms with Gasteiger partial charge in [-0.3, -0.25) is 4.68 Å². The number of allylic oxidation sites excluding steroid dienone is 2. The Balaban J connectivity index is 3.06. The number of hydrogen-bond donors (Lipinski definition) is 0. The molecule has 0 bridgehead atoms. The van der Waals surface area contributed by atoms with Crippen molar-refractivity contribution in [2.75, 3.05) is 5.88 Å². The molecule has 0 atom stereocenters. The molecular weight excluding hydrogens is 231 g/mol. The van der Waals surface area contributed by atoms with Crippen LogP contribution in [0, 0.1) is 0 Å². The third-order valence-electron chi connectivity index (χ3n) is 2.17. The largest absolute Gasteiger partial charge is 0.261 e. The Labute approximate surface area is 101 Å². The highest BCUT2D eigenvalue weighted by atomic mass is 35.5. The lowest BCUT2D eigenvalue weighted by Gasteiger charge is -2.11. The summed E-state index contributed by atoms with van der Waals surface area (Å²) in [7, 11) is 0. The van der Waals surface area contributed by atoms with Crippen molar-refractivity contribution in [1.29, 1.82) is 0 Å². The van der Waals surface area contributed by atoms with E-state index in [-0.39, 0.29) is 0 Å². The van der Waals surface area contributed by atoms with E-state index in [0.717, 1.165) is 17.7 Å². The number of hydrogen-bond acceptors (Lipinski definition) is 1. The molecule has 0 aliphatic carbocycles. The second kappa shape index (κ2) is 5.57. The molecule has 0 spiro atoms. The summed E-state index contributed by atoms with van der Waals surface area (Å²) in [5, 5.41) is 4.96. The molecule has 1 aromatic heterocycles. The molecule has 0 N–H and O–H groups in total. The van der Waals surface area contributed by atoms with Crippen LogP contribution in [0.15, 0.2) is 12.3 Å².